The third-order valence-electron chi connectivity index (χ3n) is 4.52. The molecule has 1 saturated heterocycles. The second kappa shape index (κ2) is 6.84. The van der Waals surface area contributed by atoms with E-state index in [1.165, 1.54) is 11.3 Å². The van der Waals surface area contributed by atoms with Crippen LogP contribution in [0.1, 0.15) is 15.4 Å². The van der Waals surface area contributed by atoms with E-state index in [-0.39, 0.29) is 11.7 Å². The lowest BCUT2D eigenvalue weighted by Crippen LogP contribution is -2.49. The van der Waals surface area contributed by atoms with Gasteiger partial charge in [0.2, 0.25) is 0 Å². The van der Waals surface area contributed by atoms with E-state index in [1.807, 2.05) is 36.1 Å². The fraction of sp³-hybridized carbons (Fsp3) is 0.263. The number of thiazole rings is 1. The van der Waals surface area contributed by atoms with Crippen molar-refractivity contribution in [2.45, 2.75) is 6.92 Å². The first-order valence-electron chi connectivity index (χ1n) is 8.47. The highest BCUT2D eigenvalue weighted by molar-refractivity contribution is 7.15. The van der Waals surface area contributed by atoms with Crippen LogP contribution in [0.3, 0.4) is 0 Å². The Balaban J connectivity index is 1.47. The van der Waals surface area contributed by atoms with E-state index in [2.05, 4.69) is 9.88 Å². The summed E-state index contributed by atoms with van der Waals surface area (Å²) in [6, 6.07) is 10.9. The molecule has 6 nitrogen and oxygen atoms in total. The molecular formula is C19H19N3O3S. The number of carbonyl (C=O) groups excluding carboxylic acids is 1. The predicted molar refractivity (Wildman–Crippen MR) is 101 cm³/mol. The fourth-order valence-corrected chi connectivity index (χ4v) is 4.01. The molecule has 1 amide bonds. The van der Waals surface area contributed by atoms with Crippen LogP contribution < -0.4 is 4.90 Å². The van der Waals surface area contributed by atoms with E-state index < -0.39 is 0 Å². The molecule has 7 heteroatoms. The first kappa shape index (κ1) is 16.7. The second-order valence-corrected chi connectivity index (χ2v) is 7.37. The second-order valence-electron chi connectivity index (χ2n) is 6.17. The maximum Gasteiger partial charge on any atom is 0.273 e. The maximum absolute atomic E-state index is 12.9. The Morgan fingerprint density at radius 2 is 1.92 bits per heavy atom. The minimum absolute atomic E-state index is 0.0477. The number of para-hydroxylation sites is 2. The number of aromatic nitrogens is 1. The smallest absolute Gasteiger partial charge is 0.273 e. The summed E-state index contributed by atoms with van der Waals surface area (Å²) in [6.07, 6.45) is 1.60. The molecule has 3 heterocycles. The number of piperazine rings is 1. The van der Waals surface area contributed by atoms with Crippen molar-refractivity contribution < 1.29 is 14.3 Å². The van der Waals surface area contributed by atoms with Crippen LogP contribution in [0.5, 0.6) is 5.75 Å². The Kier molecular flexibility index (Phi) is 4.38. The highest BCUT2D eigenvalue weighted by Crippen LogP contribution is 2.30. The lowest BCUT2D eigenvalue weighted by Gasteiger charge is -2.36. The third-order valence-corrected chi connectivity index (χ3v) is 5.51. The van der Waals surface area contributed by atoms with E-state index in [0.717, 1.165) is 15.6 Å². The molecule has 0 unspecified atom stereocenters. The highest BCUT2D eigenvalue weighted by Gasteiger charge is 2.27. The van der Waals surface area contributed by atoms with Crippen molar-refractivity contribution in [3.8, 4) is 16.5 Å². The summed E-state index contributed by atoms with van der Waals surface area (Å²) in [5.74, 6) is 0.903. The summed E-state index contributed by atoms with van der Waals surface area (Å²) < 4.78 is 5.38. The molecular weight excluding hydrogens is 350 g/mol. The molecule has 0 spiro atoms. The van der Waals surface area contributed by atoms with Crippen LogP contribution >= 0.6 is 11.3 Å². The molecule has 0 atom stereocenters. The van der Waals surface area contributed by atoms with Crippen LogP contribution in [0.4, 0.5) is 5.69 Å². The lowest BCUT2D eigenvalue weighted by atomic mass is 10.2. The van der Waals surface area contributed by atoms with Gasteiger partial charge in [-0.05, 0) is 31.2 Å². The minimum Gasteiger partial charge on any atom is -0.506 e. The quantitative estimate of drug-likeness (QED) is 0.766. The number of hydrogen-bond acceptors (Lipinski definition) is 6. The van der Waals surface area contributed by atoms with Crippen LogP contribution in [-0.2, 0) is 0 Å². The number of furan rings is 1. The first-order valence-corrected chi connectivity index (χ1v) is 9.28. The largest absolute Gasteiger partial charge is 0.506 e. The van der Waals surface area contributed by atoms with Crippen molar-refractivity contribution in [3.05, 3.63) is 53.2 Å². The number of aromatic hydroxyl groups is 1. The summed E-state index contributed by atoms with van der Waals surface area (Å²) in [5.41, 5.74) is 1.31. The summed E-state index contributed by atoms with van der Waals surface area (Å²) in [6.45, 7) is 4.46. The van der Waals surface area contributed by atoms with Crippen LogP contribution in [-0.4, -0.2) is 47.1 Å². The topological polar surface area (TPSA) is 69.8 Å². The fourth-order valence-electron chi connectivity index (χ4n) is 3.13. The van der Waals surface area contributed by atoms with Gasteiger partial charge in [-0.3, -0.25) is 4.79 Å². The molecule has 4 rings (SSSR count). The average Bonchev–Trinajstić information content (AvgIpc) is 3.31. The van der Waals surface area contributed by atoms with Crippen molar-refractivity contribution in [3.63, 3.8) is 0 Å². The number of benzene rings is 1. The van der Waals surface area contributed by atoms with Gasteiger partial charge in [-0.2, -0.15) is 0 Å². The number of hydrogen-bond donors (Lipinski definition) is 1. The number of carbonyl (C=O) groups is 1. The zero-order valence-electron chi connectivity index (χ0n) is 14.4. The number of amides is 1. The average molecular weight is 369 g/mol. The highest BCUT2D eigenvalue weighted by atomic mass is 32.1. The number of aryl methyl sites for hydroxylation is 1. The molecule has 1 aliphatic heterocycles. The van der Waals surface area contributed by atoms with Crippen molar-refractivity contribution >= 4 is 22.9 Å². The maximum atomic E-state index is 12.9. The molecule has 1 N–H and O–H groups in total. The third kappa shape index (κ3) is 3.06. The molecule has 2 aromatic heterocycles. The molecule has 26 heavy (non-hydrogen) atoms. The number of rotatable bonds is 3. The van der Waals surface area contributed by atoms with Gasteiger partial charge in [-0.25, -0.2) is 4.98 Å². The molecule has 0 radical (unpaired) electrons. The van der Waals surface area contributed by atoms with Gasteiger partial charge in [0.15, 0.2) is 10.8 Å². The van der Waals surface area contributed by atoms with Crippen molar-refractivity contribution in [1.29, 1.82) is 0 Å². The summed E-state index contributed by atoms with van der Waals surface area (Å²) in [5, 5.41) is 10.7. The molecule has 134 valence electrons. The standard InChI is InChI=1S/C19H19N3O3S/c1-13-17(20-18(26-13)16-7-4-12-25-16)19(24)22-10-8-21(9-11-22)14-5-2-3-6-15(14)23/h2-7,12,23H,8-11H2,1H3. The molecule has 0 saturated carbocycles. The Morgan fingerprint density at radius 3 is 2.62 bits per heavy atom. The molecule has 0 aliphatic carbocycles. The molecule has 0 bridgehead atoms. The van der Waals surface area contributed by atoms with Gasteiger partial charge in [0.1, 0.15) is 11.4 Å². The Hall–Kier alpha value is -2.80. The number of phenolic OH excluding ortho intramolecular Hbond substituents is 1. The Morgan fingerprint density at radius 1 is 1.15 bits per heavy atom. The minimum atomic E-state index is -0.0477. The molecule has 1 aromatic carbocycles. The first-order chi connectivity index (χ1) is 12.6. The normalized spacial score (nSPS) is 14.7. The van der Waals surface area contributed by atoms with E-state index >= 15 is 0 Å². The Bertz CT molecular complexity index is 912. The summed E-state index contributed by atoms with van der Waals surface area (Å²) in [7, 11) is 0. The van der Waals surface area contributed by atoms with Crippen LogP contribution in [0.15, 0.2) is 47.1 Å². The van der Waals surface area contributed by atoms with Gasteiger partial charge < -0.3 is 19.3 Å². The van der Waals surface area contributed by atoms with Gasteiger partial charge >= 0.3 is 0 Å². The van der Waals surface area contributed by atoms with Gasteiger partial charge in [-0.1, -0.05) is 12.1 Å². The van der Waals surface area contributed by atoms with Gasteiger partial charge in [-0.15, -0.1) is 11.3 Å². The zero-order chi connectivity index (χ0) is 18.1. The lowest BCUT2D eigenvalue weighted by molar-refractivity contribution is 0.0741. The molecule has 1 aliphatic rings. The summed E-state index contributed by atoms with van der Waals surface area (Å²) in [4.78, 5) is 22.2. The predicted octanol–water partition coefficient (Wildman–Crippen LogP) is 3.38. The summed E-state index contributed by atoms with van der Waals surface area (Å²) >= 11 is 1.47. The Labute approximate surface area is 155 Å². The molecule has 1 fully saturated rings. The van der Waals surface area contributed by atoms with E-state index in [4.69, 9.17) is 4.42 Å². The van der Waals surface area contributed by atoms with Crippen molar-refractivity contribution in [2.75, 3.05) is 31.1 Å². The van der Waals surface area contributed by atoms with Crippen molar-refractivity contribution in [2.24, 2.45) is 0 Å². The van der Waals surface area contributed by atoms with Gasteiger partial charge in [0.25, 0.3) is 5.91 Å². The zero-order valence-corrected chi connectivity index (χ0v) is 15.2. The van der Waals surface area contributed by atoms with Gasteiger partial charge in [0.05, 0.1) is 12.0 Å². The van der Waals surface area contributed by atoms with Crippen LogP contribution in [0.2, 0.25) is 0 Å². The number of phenols is 1. The number of nitrogens with zero attached hydrogens (tertiary/aromatic N) is 3. The monoisotopic (exact) mass is 369 g/mol. The molecule has 3 aromatic rings. The van der Waals surface area contributed by atoms with Crippen LogP contribution in [0.25, 0.3) is 10.8 Å². The van der Waals surface area contributed by atoms with Crippen molar-refractivity contribution in [1.82, 2.24) is 9.88 Å². The van der Waals surface area contributed by atoms with Crippen LogP contribution in [0, 0.1) is 6.92 Å². The van der Waals surface area contributed by atoms with E-state index in [1.54, 1.807) is 18.4 Å². The number of anilines is 1. The van der Waals surface area contributed by atoms with E-state index in [9.17, 15) is 9.90 Å². The van der Waals surface area contributed by atoms with Gasteiger partial charge in [0, 0.05) is 31.1 Å². The van der Waals surface area contributed by atoms with E-state index in [0.29, 0.717) is 37.6 Å². The SMILES string of the molecule is Cc1sc(-c2ccco2)nc1C(=O)N1CCN(c2ccccc2O)CC1.